The average Bonchev–Trinajstić information content (AvgIpc) is 2.04. The molecular formula is C10H10B. The highest BCUT2D eigenvalue weighted by atomic mass is 13.9. The summed E-state index contributed by atoms with van der Waals surface area (Å²) in [5.74, 6) is 0. The van der Waals surface area contributed by atoms with Gasteiger partial charge in [0.25, 0.3) is 0 Å². The summed E-state index contributed by atoms with van der Waals surface area (Å²) >= 11 is 0. The Morgan fingerprint density at radius 2 is 1.27 bits per heavy atom. The summed E-state index contributed by atoms with van der Waals surface area (Å²) in [4.78, 5) is 0. The summed E-state index contributed by atoms with van der Waals surface area (Å²) in [5, 5.41) is 0. The summed E-state index contributed by atoms with van der Waals surface area (Å²) in [7, 11) is 0. The van der Waals surface area contributed by atoms with E-state index < -0.39 is 0 Å². The lowest BCUT2D eigenvalue weighted by atomic mass is 10.1. The molecule has 0 saturated carbocycles. The van der Waals surface area contributed by atoms with Gasteiger partial charge < -0.3 is 0 Å². The molecule has 0 spiro atoms. The summed E-state index contributed by atoms with van der Waals surface area (Å²) in [6, 6.07) is 8.02. The molecule has 3 radical (unpaired) electrons. The van der Waals surface area contributed by atoms with E-state index in [1.54, 1.807) is 0 Å². The second kappa shape index (κ2) is 4.56. The van der Waals surface area contributed by atoms with Crippen LogP contribution < -0.4 is 0 Å². The number of rotatable bonds is 2. The molecule has 0 aliphatic heterocycles. The first kappa shape index (κ1) is 9.76. The zero-order valence-corrected chi connectivity index (χ0v) is 6.46. The van der Waals surface area contributed by atoms with Gasteiger partial charge in [-0.3, -0.25) is 0 Å². The van der Waals surface area contributed by atoms with Crippen LogP contribution in [0, 0.1) is 0 Å². The van der Waals surface area contributed by atoms with E-state index in [1.807, 2.05) is 36.4 Å². The smallest absolute Gasteiger partial charge is 0 e. The molecule has 1 aromatic carbocycles. The molecule has 0 aliphatic carbocycles. The number of benzene rings is 1. The molecule has 1 heteroatoms. The van der Waals surface area contributed by atoms with Crippen LogP contribution in [0.2, 0.25) is 0 Å². The summed E-state index contributed by atoms with van der Waals surface area (Å²) in [6.07, 6.45) is 3.66. The van der Waals surface area contributed by atoms with Crippen LogP contribution in [0.25, 0.3) is 12.2 Å². The van der Waals surface area contributed by atoms with Gasteiger partial charge in [-0.15, -0.1) is 0 Å². The Morgan fingerprint density at radius 1 is 0.909 bits per heavy atom. The first-order chi connectivity index (χ1) is 4.88. The van der Waals surface area contributed by atoms with Crippen molar-refractivity contribution in [3.63, 3.8) is 0 Å². The summed E-state index contributed by atoms with van der Waals surface area (Å²) < 4.78 is 0. The molecule has 0 fully saturated rings. The largest absolute Gasteiger partial charge is 0.0984 e. The highest BCUT2D eigenvalue weighted by Gasteiger charge is 1.89. The van der Waals surface area contributed by atoms with Crippen LogP contribution in [0.3, 0.4) is 0 Å². The second-order valence-electron chi connectivity index (χ2n) is 2.04. The third-order valence-corrected chi connectivity index (χ3v) is 1.44. The van der Waals surface area contributed by atoms with Crippen LogP contribution >= 0.6 is 0 Å². The van der Waals surface area contributed by atoms with Gasteiger partial charge in [-0.1, -0.05) is 49.6 Å². The standard InChI is InChI=1S/C10H10.B/c1-3-9-7-5-6-8-10(9)4-2;/h3-8H,1-2H2;. The predicted octanol–water partition coefficient (Wildman–Crippen LogP) is 2.59. The lowest BCUT2D eigenvalue weighted by molar-refractivity contribution is 1.62. The molecular weight excluding hydrogens is 131 g/mol. The second-order valence-corrected chi connectivity index (χ2v) is 2.04. The predicted molar refractivity (Wildman–Crippen MR) is 52.4 cm³/mol. The average molecular weight is 141 g/mol. The quantitative estimate of drug-likeness (QED) is 0.555. The topological polar surface area (TPSA) is 0 Å². The van der Waals surface area contributed by atoms with E-state index in [0.29, 0.717) is 0 Å². The van der Waals surface area contributed by atoms with E-state index in [4.69, 9.17) is 0 Å². The van der Waals surface area contributed by atoms with Crippen LogP contribution in [0.1, 0.15) is 11.1 Å². The zero-order chi connectivity index (χ0) is 7.40. The Hall–Kier alpha value is -1.24. The molecule has 0 aliphatic rings. The fraction of sp³-hybridized carbons (Fsp3) is 0. The van der Waals surface area contributed by atoms with Crippen LogP contribution in [-0.4, -0.2) is 8.41 Å². The molecule has 0 bridgehead atoms. The van der Waals surface area contributed by atoms with Gasteiger partial charge in [0.15, 0.2) is 0 Å². The molecule has 0 saturated heterocycles. The minimum absolute atomic E-state index is 0. The van der Waals surface area contributed by atoms with Crippen molar-refractivity contribution in [1.29, 1.82) is 0 Å². The lowest BCUT2D eigenvalue weighted by Gasteiger charge is -1.96. The maximum Gasteiger partial charge on any atom is 0 e. The third-order valence-electron chi connectivity index (χ3n) is 1.44. The van der Waals surface area contributed by atoms with Gasteiger partial charge in [0, 0.05) is 8.41 Å². The van der Waals surface area contributed by atoms with Gasteiger partial charge in [0.1, 0.15) is 0 Å². The maximum absolute atomic E-state index is 3.69. The molecule has 0 amide bonds. The van der Waals surface area contributed by atoms with Crippen LogP contribution in [-0.2, 0) is 0 Å². The van der Waals surface area contributed by atoms with Gasteiger partial charge >= 0.3 is 0 Å². The first-order valence-electron chi connectivity index (χ1n) is 3.22. The molecule has 11 heavy (non-hydrogen) atoms. The monoisotopic (exact) mass is 141 g/mol. The Balaban J connectivity index is 0.000001000. The van der Waals surface area contributed by atoms with E-state index >= 15 is 0 Å². The molecule has 53 valence electrons. The van der Waals surface area contributed by atoms with Crippen LogP contribution in [0.4, 0.5) is 0 Å². The fourth-order valence-electron chi connectivity index (χ4n) is 0.883. The fourth-order valence-corrected chi connectivity index (χ4v) is 0.883. The van der Waals surface area contributed by atoms with Crippen molar-refractivity contribution >= 4 is 20.6 Å². The molecule has 1 rings (SSSR count). The molecule has 0 aromatic heterocycles. The molecule has 0 unspecified atom stereocenters. The third kappa shape index (κ3) is 2.12. The maximum atomic E-state index is 3.69. The van der Waals surface area contributed by atoms with Crippen LogP contribution in [0.5, 0.6) is 0 Å². The molecule has 1 aromatic rings. The van der Waals surface area contributed by atoms with Gasteiger partial charge in [0.2, 0.25) is 0 Å². The molecule has 0 atom stereocenters. The molecule has 0 N–H and O–H groups in total. The normalized spacial score (nSPS) is 8.00. The highest BCUT2D eigenvalue weighted by molar-refractivity contribution is 5.75. The first-order valence-corrected chi connectivity index (χ1v) is 3.22. The van der Waals surface area contributed by atoms with Crippen molar-refractivity contribution in [2.24, 2.45) is 0 Å². The van der Waals surface area contributed by atoms with E-state index in [-0.39, 0.29) is 8.41 Å². The molecule has 0 nitrogen and oxygen atoms in total. The van der Waals surface area contributed by atoms with E-state index in [0.717, 1.165) is 11.1 Å². The van der Waals surface area contributed by atoms with Crippen LogP contribution in [0.15, 0.2) is 37.4 Å². The van der Waals surface area contributed by atoms with Gasteiger partial charge in [-0.25, -0.2) is 0 Å². The SMILES string of the molecule is C=Cc1ccccc1C=C.[B]. The Bertz CT molecular complexity index is 224. The number of hydrogen-bond acceptors (Lipinski definition) is 0. The zero-order valence-electron chi connectivity index (χ0n) is 6.46. The minimum atomic E-state index is 0. The van der Waals surface area contributed by atoms with Crippen molar-refractivity contribution in [3.05, 3.63) is 48.6 Å². The van der Waals surface area contributed by atoms with Crippen molar-refractivity contribution in [1.82, 2.24) is 0 Å². The van der Waals surface area contributed by atoms with E-state index in [9.17, 15) is 0 Å². The van der Waals surface area contributed by atoms with Crippen molar-refractivity contribution in [2.45, 2.75) is 0 Å². The minimum Gasteiger partial charge on any atom is -0.0984 e. The van der Waals surface area contributed by atoms with Gasteiger partial charge in [-0.2, -0.15) is 0 Å². The Labute approximate surface area is 69.8 Å². The highest BCUT2D eigenvalue weighted by Crippen LogP contribution is 2.10. The van der Waals surface area contributed by atoms with Gasteiger partial charge in [-0.05, 0) is 11.1 Å². The van der Waals surface area contributed by atoms with Gasteiger partial charge in [0.05, 0.1) is 0 Å². The number of hydrogen-bond donors (Lipinski definition) is 0. The summed E-state index contributed by atoms with van der Waals surface area (Å²) in [6.45, 7) is 7.38. The van der Waals surface area contributed by atoms with Crippen molar-refractivity contribution in [2.75, 3.05) is 0 Å². The molecule has 0 heterocycles. The Morgan fingerprint density at radius 3 is 1.55 bits per heavy atom. The summed E-state index contributed by atoms with van der Waals surface area (Å²) in [5.41, 5.74) is 2.27. The van der Waals surface area contributed by atoms with Crippen molar-refractivity contribution in [3.8, 4) is 0 Å². The van der Waals surface area contributed by atoms with Crippen molar-refractivity contribution < 1.29 is 0 Å². The van der Waals surface area contributed by atoms with E-state index in [2.05, 4.69) is 13.2 Å². The van der Waals surface area contributed by atoms with E-state index in [1.165, 1.54) is 0 Å². The lowest BCUT2D eigenvalue weighted by Crippen LogP contribution is -1.76. The Kier molecular flexibility index (Phi) is 4.05.